The van der Waals surface area contributed by atoms with E-state index in [0.29, 0.717) is 13.0 Å². The summed E-state index contributed by atoms with van der Waals surface area (Å²) in [6.45, 7) is 2.49. The maximum absolute atomic E-state index is 12.4. The fourth-order valence-corrected chi connectivity index (χ4v) is 4.23. The number of benzene rings is 1. The highest BCUT2D eigenvalue weighted by molar-refractivity contribution is 14.0. The molecule has 1 aromatic heterocycles. The highest BCUT2D eigenvalue weighted by atomic mass is 127. The Bertz CT molecular complexity index is 883. The molecule has 168 valence electrons. The van der Waals surface area contributed by atoms with Crippen LogP contribution in [0, 0.1) is 0 Å². The lowest BCUT2D eigenvalue weighted by atomic mass is 10.2. The van der Waals surface area contributed by atoms with Gasteiger partial charge in [0, 0.05) is 51.6 Å². The molecule has 0 saturated carbocycles. The number of nitrogens with zero attached hydrogens (tertiary/aromatic N) is 5. The molecule has 2 N–H and O–H groups in total. The standard InChI is InChI=1S/C22H31N7O.HI/c1-23-22(25-17-15-21(30)29(16-17)18-9-4-2-5-10-18)24-13-8-12-20-27-26-19-11-6-3-7-14-28(19)20;/h2,4-5,9-10,17H,3,6-8,11-16H2,1H3,(H2,23,24,25);1H. The van der Waals surface area contributed by atoms with Crippen molar-refractivity contribution < 1.29 is 4.79 Å². The van der Waals surface area contributed by atoms with Gasteiger partial charge in [0.1, 0.15) is 11.6 Å². The van der Waals surface area contributed by atoms with Crippen molar-refractivity contribution in [1.29, 1.82) is 0 Å². The molecule has 1 amide bonds. The third kappa shape index (κ3) is 5.96. The lowest BCUT2D eigenvalue weighted by molar-refractivity contribution is -0.117. The number of hydrogen-bond donors (Lipinski definition) is 2. The second-order valence-electron chi connectivity index (χ2n) is 7.98. The van der Waals surface area contributed by atoms with Crippen LogP contribution in [-0.2, 0) is 24.2 Å². The fraction of sp³-hybridized carbons (Fsp3) is 0.545. The van der Waals surface area contributed by atoms with Gasteiger partial charge in [-0.05, 0) is 31.4 Å². The van der Waals surface area contributed by atoms with Gasteiger partial charge in [-0.3, -0.25) is 9.79 Å². The molecule has 1 unspecified atom stereocenters. The van der Waals surface area contributed by atoms with E-state index in [1.165, 1.54) is 19.3 Å². The Labute approximate surface area is 200 Å². The zero-order chi connectivity index (χ0) is 20.8. The number of carbonyl (C=O) groups is 1. The van der Waals surface area contributed by atoms with E-state index in [9.17, 15) is 4.79 Å². The van der Waals surface area contributed by atoms with Gasteiger partial charge in [0.2, 0.25) is 5.91 Å². The molecule has 1 fully saturated rings. The van der Waals surface area contributed by atoms with Crippen molar-refractivity contribution in [3.8, 4) is 0 Å². The minimum absolute atomic E-state index is 0. The number of aromatic nitrogens is 3. The van der Waals surface area contributed by atoms with Crippen molar-refractivity contribution in [2.24, 2.45) is 4.99 Å². The number of fused-ring (bicyclic) bond motifs is 1. The van der Waals surface area contributed by atoms with Crippen LogP contribution in [0.15, 0.2) is 35.3 Å². The van der Waals surface area contributed by atoms with Gasteiger partial charge in [-0.15, -0.1) is 34.2 Å². The van der Waals surface area contributed by atoms with E-state index in [1.54, 1.807) is 7.05 Å². The maximum atomic E-state index is 12.4. The molecule has 0 bridgehead atoms. The summed E-state index contributed by atoms with van der Waals surface area (Å²) in [7, 11) is 1.76. The summed E-state index contributed by atoms with van der Waals surface area (Å²) in [4.78, 5) is 18.6. The van der Waals surface area contributed by atoms with Crippen LogP contribution in [-0.4, -0.2) is 52.8 Å². The Kier molecular flexibility index (Phi) is 8.68. The van der Waals surface area contributed by atoms with Crippen molar-refractivity contribution in [2.75, 3.05) is 25.0 Å². The van der Waals surface area contributed by atoms with Gasteiger partial charge in [0.05, 0.1) is 6.04 Å². The Morgan fingerprint density at radius 3 is 2.84 bits per heavy atom. The normalized spacial score (nSPS) is 18.9. The summed E-state index contributed by atoms with van der Waals surface area (Å²) in [5.74, 6) is 3.11. The Morgan fingerprint density at radius 2 is 2.03 bits per heavy atom. The highest BCUT2D eigenvalue weighted by Gasteiger charge is 2.31. The van der Waals surface area contributed by atoms with Crippen LogP contribution in [0.3, 0.4) is 0 Å². The molecule has 8 nitrogen and oxygen atoms in total. The Balaban J connectivity index is 0.00000272. The number of para-hydroxylation sites is 1. The van der Waals surface area contributed by atoms with E-state index < -0.39 is 0 Å². The number of rotatable bonds is 6. The second kappa shape index (κ2) is 11.4. The molecule has 0 spiro atoms. The lowest BCUT2D eigenvalue weighted by Gasteiger charge is -2.19. The van der Waals surface area contributed by atoms with E-state index >= 15 is 0 Å². The molecular weight excluding hydrogens is 505 g/mol. The molecule has 1 saturated heterocycles. The molecule has 1 atom stereocenters. The molecule has 0 aliphatic carbocycles. The number of carbonyl (C=O) groups excluding carboxylic acids is 1. The zero-order valence-electron chi connectivity index (χ0n) is 18.1. The topological polar surface area (TPSA) is 87.4 Å². The van der Waals surface area contributed by atoms with Crippen LogP contribution < -0.4 is 15.5 Å². The first-order valence-corrected chi connectivity index (χ1v) is 11.0. The van der Waals surface area contributed by atoms with E-state index in [-0.39, 0.29) is 35.9 Å². The summed E-state index contributed by atoms with van der Waals surface area (Å²) < 4.78 is 2.31. The number of aliphatic imine (C=N–C) groups is 1. The van der Waals surface area contributed by atoms with Gasteiger partial charge in [-0.2, -0.15) is 0 Å². The second-order valence-corrected chi connectivity index (χ2v) is 7.98. The van der Waals surface area contributed by atoms with Gasteiger partial charge in [0.25, 0.3) is 0 Å². The minimum Gasteiger partial charge on any atom is -0.356 e. The number of halogens is 1. The first kappa shape index (κ1) is 23.5. The number of anilines is 1. The monoisotopic (exact) mass is 537 g/mol. The minimum atomic E-state index is 0. The van der Waals surface area contributed by atoms with E-state index in [2.05, 4.69) is 30.4 Å². The average Bonchev–Trinajstić information content (AvgIpc) is 3.24. The van der Waals surface area contributed by atoms with Gasteiger partial charge >= 0.3 is 0 Å². The largest absolute Gasteiger partial charge is 0.356 e. The summed E-state index contributed by atoms with van der Waals surface area (Å²) in [5.41, 5.74) is 0.946. The van der Waals surface area contributed by atoms with E-state index in [0.717, 1.165) is 55.6 Å². The molecule has 0 radical (unpaired) electrons. The Hall–Kier alpha value is -2.17. The zero-order valence-corrected chi connectivity index (χ0v) is 20.4. The lowest BCUT2D eigenvalue weighted by Crippen LogP contribution is -2.44. The summed E-state index contributed by atoms with van der Waals surface area (Å²) in [5, 5.41) is 15.5. The summed E-state index contributed by atoms with van der Waals surface area (Å²) >= 11 is 0. The number of amides is 1. The van der Waals surface area contributed by atoms with Crippen molar-refractivity contribution >= 4 is 41.5 Å². The number of aryl methyl sites for hydroxylation is 2. The SMILES string of the molecule is CN=C(NCCCc1nnc2n1CCCCC2)NC1CC(=O)N(c2ccccc2)C1.I. The number of guanidine groups is 1. The van der Waals surface area contributed by atoms with Crippen molar-refractivity contribution in [2.45, 2.75) is 57.5 Å². The number of hydrogen-bond acceptors (Lipinski definition) is 4. The molecule has 1 aromatic carbocycles. The molecule has 31 heavy (non-hydrogen) atoms. The third-order valence-electron chi connectivity index (χ3n) is 5.81. The van der Waals surface area contributed by atoms with Crippen molar-refractivity contribution in [1.82, 2.24) is 25.4 Å². The summed E-state index contributed by atoms with van der Waals surface area (Å²) in [6, 6.07) is 9.87. The number of nitrogens with one attached hydrogen (secondary N) is 2. The smallest absolute Gasteiger partial charge is 0.229 e. The molecular formula is C22H32IN7O. The molecule has 2 aliphatic heterocycles. The molecule has 2 aliphatic rings. The highest BCUT2D eigenvalue weighted by Crippen LogP contribution is 2.21. The van der Waals surface area contributed by atoms with Crippen molar-refractivity contribution in [3.63, 3.8) is 0 Å². The fourth-order valence-electron chi connectivity index (χ4n) is 4.23. The molecule has 9 heteroatoms. The predicted octanol–water partition coefficient (Wildman–Crippen LogP) is 2.53. The van der Waals surface area contributed by atoms with Crippen LogP contribution in [0.1, 0.15) is 43.8 Å². The third-order valence-corrected chi connectivity index (χ3v) is 5.81. The van der Waals surface area contributed by atoms with Crippen LogP contribution >= 0.6 is 24.0 Å². The first-order chi connectivity index (χ1) is 14.7. The average molecular weight is 537 g/mol. The van der Waals surface area contributed by atoms with E-state index in [4.69, 9.17) is 0 Å². The van der Waals surface area contributed by atoms with E-state index in [1.807, 2.05) is 35.2 Å². The quantitative estimate of drug-likeness (QED) is 0.256. The summed E-state index contributed by atoms with van der Waals surface area (Å²) in [6.07, 6.45) is 7.08. The van der Waals surface area contributed by atoms with Gasteiger partial charge < -0.3 is 20.1 Å². The molecule has 4 rings (SSSR count). The Morgan fingerprint density at radius 1 is 1.19 bits per heavy atom. The van der Waals surface area contributed by atoms with Crippen LogP contribution in [0.25, 0.3) is 0 Å². The van der Waals surface area contributed by atoms with Gasteiger partial charge in [-0.25, -0.2) is 0 Å². The molecule has 2 aromatic rings. The van der Waals surface area contributed by atoms with Gasteiger partial charge in [-0.1, -0.05) is 24.6 Å². The maximum Gasteiger partial charge on any atom is 0.229 e. The predicted molar refractivity (Wildman–Crippen MR) is 133 cm³/mol. The first-order valence-electron chi connectivity index (χ1n) is 11.0. The van der Waals surface area contributed by atoms with Crippen LogP contribution in [0.4, 0.5) is 5.69 Å². The van der Waals surface area contributed by atoms with Gasteiger partial charge in [0.15, 0.2) is 5.96 Å². The van der Waals surface area contributed by atoms with Crippen molar-refractivity contribution in [3.05, 3.63) is 42.0 Å². The van der Waals surface area contributed by atoms with Crippen LogP contribution in [0.2, 0.25) is 0 Å². The molecule has 3 heterocycles. The van der Waals surface area contributed by atoms with Crippen LogP contribution in [0.5, 0.6) is 0 Å².